The highest BCUT2D eigenvalue weighted by molar-refractivity contribution is 8.23. The predicted octanol–water partition coefficient (Wildman–Crippen LogP) is 1.25. The number of cyclic esters (lactones) is 1. The first-order chi connectivity index (χ1) is 10.0. The van der Waals surface area contributed by atoms with Crippen LogP contribution >= 0.6 is 24.0 Å². The smallest absolute Gasteiger partial charge is 0.328 e. The number of aromatic hydroxyl groups is 1. The number of hydrogen-bond acceptors (Lipinski definition) is 6. The summed E-state index contributed by atoms with van der Waals surface area (Å²) < 4.78 is 5.20. The topological polar surface area (TPSA) is 87.7 Å². The number of carbonyl (C=O) groups excluding carboxylic acids is 2. The van der Waals surface area contributed by atoms with Gasteiger partial charge < -0.3 is 20.5 Å². The van der Waals surface area contributed by atoms with E-state index in [1.54, 1.807) is 12.1 Å². The highest BCUT2D eigenvalue weighted by Crippen LogP contribution is 2.14. The van der Waals surface area contributed by atoms with Gasteiger partial charge >= 0.3 is 5.97 Å². The van der Waals surface area contributed by atoms with E-state index < -0.39 is 6.04 Å². The number of phenols is 1. The molecule has 1 aliphatic heterocycles. The lowest BCUT2D eigenvalue weighted by Crippen LogP contribution is -2.36. The van der Waals surface area contributed by atoms with Gasteiger partial charge in [-0.2, -0.15) is 0 Å². The van der Waals surface area contributed by atoms with Crippen LogP contribution in [0.1, 0.15) is 6.42 Å². The maximum absolute atomic E-state index is 11.7. The van der Waals surface area contributed by atoms with Crippen molar-refractivity contribution >= 4 is 45.9 Å². The molecule has 1 amide bonds. The molecule has 0 aliphatic carbocycles. The Morgan fingerprint density at radius 3 is 2.76 bits per heavy atom. The number of ether oxygens (including phenoxy) is 1. The fourth-order valence-corrected chi connectivity index (χ4v) is 2.56. The van der Waals surface area contributed by atoms with E-state index in [4.69, 9.17) is 22.1 Å². The Labute approximate surface area is 131 Å². The van der Waals surface area contributed by atoms with E-state index in [1.807, 2.05) is 0 Å². The number of thioether (sulfide) groups is 1. The largest absolute Gasteiger partial charge is 0.508 e. The van der Waals surface area contributed by atoms with E-state index in [9.17, 15) is 9.59 Å². The van der Waals surface area contributed by atoms with Crippen molar-refractivity contribution in [3.05, 3.63) is 24.3 Å². The van der Waals surface area contributed by atoms with Gasteiger partial charge in [0.25, 0.3) is 0 Å². The van der Waals surface area contributed by atoms with Crippen molar-refractivity contribution in [3.63, 3.8) is 0 Å². The summed E-state index contributed by atoms with van der Waals surface area (Å²) in [5.41, 5.74) is 0.594. The highest BCUT2D eigenvalue weighted by atomic mass is 32.2. The van der Waals surface area contributed by atoms with Crippen LogP contribution in [0.2, 0.25) is 0 Å². The van der Waals surface area contributed by atoms with Crippen molar-refractivity contribution in [1.82, 2.24) is 5.32 Å². The quantitative estimate of drug-likeness (QED) is 0.436. The molecule has 0 spiro atoms. The maximum atomic E-state index is 11.7. The molecule has 0 saturated carbocycles. The normalized spacial score (nSPS) is 17.1. The molecular formula is C13H14N2O4S2. The van der Waals surface area contributed by atoms with Gasteiger partial charge in [-0.25, -0.2) is 4.79 Å². The van der Waals surface area contributed by atoms with Crippen LogP contribution < -0.4 is 10.6 Å². The molecule has 21 heavy (non-hydrogen) atoms. The molecule has 112 valence electrons. The number of nitrogens with one attached hydrogen (secondary N) is 2. The van der Waals surface area contributed by atoms with Gasteiger partial charge in [-0.1, -0.05) is 24.0 Å². The second kappa shape index (κ2) is 7.28. The summed E-state index contributed by atoms with van der Waals surface area (Å²) in [7, 11) is 0. The minimum absolute atomic E-state index is 0.133. The Morgan fingerprint density at radius 2 is 2.14 bits per heavy atom. The number of anilines is 1. The van der Waals surface area contributed by atoms with Crippen LogP contribution in [0.5, 0.6) is 5.75 Å². The zero-order valence-corrected chi connectivity index (χ0v) is 12.6. The number of benzene rings is 1. The minimum Gasteiger partial charge on any atom is -0.508 e. The van der Waals surface area contributed by atoms with E-state index in [-0.39, 0.29) is 23.4 Å². The second-order valence-corrected chi connectivity index (χ2v) is 5.98. The molecule has 1 saturated heterocycles. The number of amides is 1. The van der Waals surface area contributed by atoms with Gasteiger partial charge in [0.2, 0.25) is 5.91 Å². The Kier molecular flexibility index (Phi) is 5.40. The lowest BCUT2D eigenvalue weighted by Gasteiger charge is -2.11. The second-order valence-electron chi connectivity index (χ2n) is 4.32. The fraction of sp³-hybridized carbons (Fsp3) is 0.308. The van der Waals surface area contributed by atoms with Gasteiger partial charge in [-0.15, -0.1) is 0 Å². The molecule has 1 atom stereocenters. The summed E-state index contributed by atoms with van der Waals surface area (Å²) in [5, 5.41) is 14.7. The monoisotopic (exact) mass is 326 g/mol. The molecule has 0 bridgehead atoms. The fourth-order valence-electron chi connectivity index (χ4n) is 1.68. The number of carbonyl (C=O) groups is 2. The number of hydrogen-bond donors (Lipinski definition) is 3. The molecule has 6 nitrogen and oxygen atoms in total. The maximum Gasteiger partial charge on any atom is 0.328 e. The molecule has 3 N–H and O–H groups in total. The Morgan fingerprint density at radius 1 is 1.43 bits per heavy atom. The van der Waals surface area contributed by atoms with E-state index in [0.29, 0.717) is 23.0 Å². The Hall–Kier alpha value is -1.80. The highest BCUT2D eigenvalue weighted by Gasteiger charge is 2.26. The molecule has 0 radical (unpaired) electrons. The lowest BCUT2D eigenvalue weighted by atomic mass is 10.3. The van der Waals surface area contributed by atoms with Gasteiger partial charge in [0, 0.05) is 12.1 Å². The molecule has 8 heteroatoms. The minimum atomic E-state index is -0.412. The first-order valence-electron chi connectivity index (χ1n) is 6.23. The van der Waals surface area contributed by atoms with Crippen LogP contribution in [-0.2, 0) is 14.3 Å². The summed E-state index contributed by atoms with van der Waals surface area (Å²) in [4.78, 5) is 23.0. The first-order valence-corrected chi connectivity index (χ1v) is 7.63. The third-order valence-corrected chi connectivity index (χ3v) is 3.97. The number of thiocarbonyl (C=S) groups is 1. The van der Waals surface area contributed by atoms with Gasteiger partial charge in [-0.3, -0.25) is 4.79 Å². The molecule has 0 unspecified atom stereocenters. The van der Waals surface area contributed by atoms with Crippen LogP contribution in [0.25, 0.3) is 0 Å². The van der Waals surface area contributed by atoms with Crippen molar-refractivity contribution in [2.45, 2.75) is 12.5 Å². The Bertz CT molecular complexity index is 548. The van der Waals surface area contributed by atoms with E-state index >= 15 is 0 Å². The third kappa shape index (κ3) is 4.91. The third-order valence-electron chi connectivity index (χ3n) is 2.71. The number of phenolic OH excluding ortho intramolecular Hbond substituents is 1. The molecule has 1 aromatic carbocycles. The van der Waals surface area contributed by atoms with Crippen molar-refractivity contribution in [2.75, 3.05) is 17.7 Å². The van der Waals surface area contributed by atoms with Gasteiger partial charge in [-0.05, 0) is 24.3 Å². The van der Waals surface area contributed by atoms with Crippen molar-refractivity contribution in [2.24, 2.45) is 0 Å². The average molecular weight is 326 g/mol. The number of esters is 1. The molecular weight excluding hydrogens is 312 g/mol. The van der Waals surface area contributed by atoms with E-state index in [0.717, 1.165) is 11.8 Å². The summed E-state index contributed by atoms with van der Waals surface area (Å²) in [5.74, 6) is -0.263. The van der Waals surface area contributed by atoms with Crippen molar-refractivity contribution in [1.29, 1.82) is 0 Å². The van der Waals surface area contributed by atoms with Crippen molar-refractivity contribution < 1.29 is 19.4 Å². The van der Waals surface area contributed by atoms with Crippen molar-refractivity contribution in [3.8, 4) is 5.75 Å². The first kappa shape index (κ1) is 15.6. The van der Waals surface area contributed by atoms with Crippen LogP contribution in [0.15, 0.2) is 24.3 Å². The lowest BCUT2D eigenvalue weighted by molar-refractivity contribution is -0.139. The molecule has 2 rings (SSSR count). The summed E-state index contributed by atoms with van der Waals surface area (Å²) >= 11 is 6.22. The summed E-state index contributed by atoms with van der Waals surface area (Å²) in [6, 6.07) is 5.76. The number of rotatable bonds is 4. The molecule has 1 aliphatic rings. The van der Waals surface area contributed by atoms with E-state index in [2.05, 4.69) is 10.6 Å². The van der Waals surface area contributed by atoms with Crippen LogP contribution in [0.4, 0.5) is 5.69 Å². The molecule has 0 aromatic heterocycles. The summed E-state index contributed by atoms with van der Waals surface area (Å²) in [6.07, 6.45) is 0.583. The standard InChI is InChI=1S/C13H14N2O4S2/c16-9-3-1-8(2-4-9)14-11(17)7-21-13(20)15-10-5-6-19-12(10)18/h1-4,10,16H,5-7H2,(H,14,17)(H,15,20)/t10-/m0/s1. The van der Waals surface area contributed by atoms with E-state index in [1.165, 1.54) is 12.1 Å². The van der Waals surface area contributed by atoms with Gasteiger partial charge in [0.05, 0.1) is 12.4 Å². The zero-order chi connectivity index (χ0) is 15.2. The Balaban J connectivity index is 1.72. The van der Waals surface area contributed by atoms with Gasteiger partial charge in [0.15, 0.2) is 0 Å². The molecule has 1 fully saturated rings. The SMILES string of the molecule is O=C(CSC(=S)N[C@H]1CCOC1=O)Nc1ccc(O)cc1. The predicted molar refractivity (Wildman–Crippen MR) is 84.3 cm³/mol. The van der Waals surface area contributed by atoms with Crippen LogP contribution in [-0.4, -0.2) is 39.7 Å². The average Bonchev–Trinajstić information content (AvgIpc) is 2.85. The molecule has 1 aromatic rings. The van der Waals surface area contributed by atoms with Crippen LogP contribution in [0, 0.1) is 0 Å². The zero-order valence-electron chi connectivity index (χ0n) is 11.0. The summed E-state index contributed by atoms with van der Waals surface area (Å²) in [6.45, 7) is 0.394. The van der Waals surface area contributed by atoms with Crippen LogP contribution in [0.3, 0.4) is 0 Å². The molecule has 1 heterocycles. The van der Waals surface area contributed by atoms with Gasteiger partial charge in [0.1, 0.15) is 16.1 Å².